The summed E-state index contributed by atoms with van der Waals surface area (Å²) in [4.78, 5) is 26.9. The topological polar surface area (TPSA) is 63.9 Å². The fraction of sp³-hybridized carbons (Fsp3) is 0.333. The van der Waals surface area contributed by atoms with Crippen LogP contribution in [0, 0.1) is 0 Å². The molecule has 0 radical (unpaired) electrons. The molecular weight excluding hydrogens is 266 g/mol. The number of hydrogen-bond acceptors (Lipinski definition) is 4. The summed E-state index contributed by atoms with van der Waals surface area (Å²) in [6.45, 7) is 4.30. The fourth-order valence-electron chi connectivity index (χ4n) is 2.72. The number of carbonyl (C=O) groups is 1. The van der Waals surface area contributed by atoms with E-state index in [1.807, 2.05) is 17.8 Å². The maximum absolute atomic E-state index is 11.9. The highest BCUT2D eigenvalue weighted by atomic mass is 16.2. The van der Waals surface area contributed by atoms with E-state index in [1.54, 1.807) is 23.5 Å². The molecule has 2 aromatic rings. The van der Waals surface area contributed by atoms with Crippen LogP contribution in [0.15, 0.2) is 37.4 Å². The van der Waals surface area contributed by atoms with Crippen molar-refractivity contribution in [3.63, 3.8) is 0 Å². The molecule has 1 atom stereocenters. The van der Waals surface area contributed by atoms with Gasteiger partial charge in [0.15, 0.2) is 5.82 Å². The van der Waals surface area contributed by atoms with Crippen molar-refractivity contribution in [3.8, 4) is 11.5 Å². The number of hydrogen-bond donors (Lipinski definition) is 0. The number of rotatable bonds is 3. The number of aryl methyl sites for hydroxylation is 1. The molecule has 3 rings (SSSR count). The van der Waals surface area contributed by atoms with E-state index < -0.39 is 0 Å². The van der Waals surface area contributed by atoms with Gasteiger partial charge in [-0.15, -0.1) is 0 Å². The van der Waals surface area contributed by atoms with E-state index in [2.05, 4.69) is 21.5 Å². The Morgan fingerprint density at radius 2 is 2.33 bits per heavy atom. The van der Waals surface area contributed by atoms with Crippen LogP contribution < -0.4 is 0 Å². The molecule has 0 saturated carbocycles. The largest absolute Gasteiger partial charge is 0.333 e. The number of amides is 1. The molecule has 0 bridgehead atoms. The van der Waals surface area contributed by atoms with Crippen molar-refractivity contribution in [1.29, 1.82) is 0 Å². The van der Waals surface area contributed by atoms with E-state index in [0.717, 1.165) is 36.6 Å². The van der Waals surface area contributed by atoms with E-state index >= 15 is 0 Å². The first-order valence-corrected chi connectivity index (χ1v) is 6.93. The summed E-state index contributed by atoms with van der Waals surface area (Å²) in [6, 6.07) is -0.0248. The Kier molecular flexibility index (Phi) is 3.51. The van der Waals surface area contributed by atoms with Gasteiger partial charge in [0.25, 0.3) is 0 Å². The number of carbonyl (C=O) groups excluding carboxylic acids is 1. The fourth-order valence-corrected chi connectivity index (χ4v) is 2.72. The van der Waals surface area contributed by atoms with E-state index in [1.165, 1.54) is 6.08 Å². The normalized spacial score (nSPS) is 18.0. The summed E-state index contributed by atoms with van der Waals surface area (Å²) in [7, 11) is 1.92. The minimum atomic E-state index is -0.0540. The van der Waals surface area contributed by atoms with Crippen molar-refractivity contribution in [1.82, 2.24) is 24.4 Å². The first kappa shape index (κ1) is 13.5. The Morgan fingerprint density at radius 1 is 1.48 bits per heavy atom. The summed E-state index contributed by atoms with van der Waals surface area (Å²) in [6.07, 6.45) is 10.2. The van der Waals surface area contributed by atoms with Crippen molar-refractivity contribution in [3.05, 3.63) is 43.1 Å². The summed E-state index contributed by atoms with van der Waals surface area (Å²) in [5, 5.41) is 0. The average molecular weight is 283 g/mol. The molecule has 0 spiro atoms. The highest BCUT2D eigenvalue weighted by molar-refractivity contribution is 5.87. The average Bonchev–Trinajstić information content (AvgIpc) is 3.15. The van der Waals surface area contributed by atoms with Crippen molar-refractivity contribution >= 4 is 5.91 Å². The lowest BCUT2D eigenvalue weighted by atomic mass is 10.1. The molecule has 1 amide bonds. The number of likely N-dealkylation sites (tertiary alicyclic amines) is 1. The summed E-state index contributed by atoms with van der Waals surface area (Å²) in [5.41, 5.74) is 1.53. The second kappa shape index (κ2) is 5.47. The molecule has 1 aliphatic heterocycles. The molecule has 3 heterocycles. The van der Waals surface area contributed by atoms with Gasteiger partial charge in [0, 0.05) is 26.0 Å². The Bertz CT molecular complexity index is 678. The lowest BCUT2D eigenvalue weighted by Gasteiger charge is -2.22. The quantitative estimate of drug-likeness (QED) is 0.805. The zero-order valence-corrected chi connectivity index (χ0v) is 11.9. The van der Waals surface area contributed by atoms with Gasteiger partial charge in [-0.25, -0.2) is 9.97 Å². The lowest BCUT2D eigenvalue weighted by Crippen LogP contribution is -2.29. The van der Waals surface area contributed by atoms with Crippen LogP contribution in [0.2, 0.25) is 0 Å². The molecule has 2 aromatic heterocycles. The molecular formula is C15H17N5O. The SMILES string of the molecule is C=CC(=O)N1CCCC1c1cncc(-c2nccn2C)n1. The van der Waals surface area contributed by atoms with Gasteiger partial charge in [0.1, 0.15) is 5.69 Å². The molecule has 1 saturated heterocycles. The molecule has 6 heteroatoms. The molecule has 1 aliphatic rings. The van der Waals surface area contributed by atoms with Gasteiger partial charge in [-0.3, -0.25) is 9.78 Å². The Hall–Kier alpha value is -2.50. The Balaban J connectivity index is 1.94. The highest BCUT2D eigenvalue weighted by Crippen LogP contribution is 2.31. The predicted molar refractivity (Wildman–Crippen MR) is 78.1 cm³/mol. The molecule has 0 N–H and O–H groups in total. The van der Waals surface area contributed by atoms with Crippen LogP contribution in [0.5, 0.6) is 0 Å². The second-order valence-corrected chi connectivity index (χ2v) is 5.08. The Labute approximate surface area is 123 Å². The third-order valence-corrected chi connectivity index (χ3v) is 3.76. The molecule has 108 valence electrons. The van der Waals surface area contributed by atoms with Gasteiger partial charge < -0.3 is 9.47 Å². The van der Waals surface area contributed by atoms with Crippen molar-refractivity contribution < 1.29 is 4.79 Å². The monoisotopic (exact) mass is 283 g/mol. The first-order chi connectivity index (χ1) is 10.2. The molecule has 0 aliphatic carbocycles. The van der Waals surface area contributed by atoms with Gasteiger partial charge in [-0.2, -0.15) is 0 Å². The molecule has 0 aromatic carbocycles. The van der Waals surface area contributed by atoms with Gasteiger partial charge in [0.2, 0.25) is 5.91 Å². The third kappa shape index (κ3) is 2.44. The number of imidazole rings is 1. The standard InChI is InChI=1S/C15H17N5O/c1-3-14(21)20-7-4-5-13(20)11-9-16-10-12(18-11)15-17-6-8-19(15)2/h3,6,8-10,13H,1,4-5,7H2,2H3. The van der Waals surface area contributed by atoms with Gasteiger partial charge in [0.05, 0.1) is 24.1 Å². The van der Waals surface area contributed by atoms with Crippen molar-refractivity contribution in [2.24, 2.45) is 7.05 Å². The maximum Gasteiger partial charge on any atom is 0.246 e. The van der Waals surface area contributed by atoms with Gasteiger partial charge in [-0.1, -0.05) is 6.58 Å². The van der Waals surface area contributed by atoms with E-state index in [9.17, 15) is 4.79 Å². The highest BCUT2D eigenvalue weighted by Gasteiger charge is 2.30. The lowest BCUT2D eigenvalue weighted by molar-refractivity contribution is -0.126. The van der Waals surface area contributed by atoms with Crippen LogP contribution in [0.1, 0.15) is 24.6 Å². The van der Waals surface area contributed by atoms with Crippen LogP contribution in [-0.4, -0.2) is 36.9 Å². The predicted octanol–water partition coefficient (Wildman–Crippen LogP) is 1.73. The molecule has 21 heavy (non-hydrogen) atoms. The third-order valence-electron chi connectivity index (χ3n) is 3.76. The summed E-state index contributed by atoms with van der Waals surface area (Å²) >= 11 is 0. The second-order valence-electron chi connectivity index (χ2n) is 5.08. The van der Waals surface area contributed by atoms with E-state index in [-0.39, 0.29) is 11.9 Å². The zero-order chi connectivity index (χ0) is 14.8. The van der Waals surface area contributed by atoms with Crippen LogP contribution in [0.4, 0.5) is 0 Å². The van der Waals surface area contributed by atoms with Crippen LogP contribution in [0.25, 0.3) is 11.5 Å². The van der Waals surface area contributed by atoms with Crippen LogP contribution in [-0.2, 0) is 11.8 Å². The zero-order valence-electron chi connectivity index (χ0n) is 11.9. The Morgan fingerprint density at radius 3 is 3.05 bits per heavy atom. The van der Waals surface area contributed by atoms with Gasteiger partial charge in [-0.05, 0) is 18.9 Å². The summed E-state index contributed by atoms with van der Waals surface area (Å²) < 4.78 is 1.90. The van der Waals surface area contributed by atoms with Crippen molar-refractivity contribution in [2.75, 3.05) is 6.54 Å². The van der Waals surface area contributed by atoms with Crippen molar-refractivity contribution in [2.45, 2.75) is 18.9 Å². The first-order valence-electron chi connectivity index (χ1n) is 6.93. The van der Waals surface area contributed by atoms with E-state index in [4.69, 9.17) is 0 Å². The molecule has 1 unspecified atom stereocenters. The maximum atomic E-state index is 11.9. The molecule has 6 nitrogen and oxygen atoms in total. The number of aromatic nitrogens is 4. The van der Waals surface area contributed by atoms with E-state index in [0.29, 0.717) is 0 Å². The summed E-state index contributed by atoms with van der Waals surface area (Å²) in [5.74, 6) is 0.714. The van der Waals surface area contributed by atoms with Crippen LogP contribution >= 0.6 is 0 Å². The van der Waals surface area contributed by atoms with Crippen LogP contribution in [0.3, 0.4) is 0 Å². The minimum Gasteiger partial charge on any atom is -0.333 e. The smallest absolute Gasteiger partial charge is 0.246 e. The minimum absolute atomic E-state index is 0.0248. The molecule has 1 fully saturated rings. The number of nitrogens with zero attached hydrogens (tertiary/aromatic N) is 5. The van der Waals surface area contributed by atoms with Gasteiger partial charge >= 0.3 is 0 Å².